The number of carbonyl (C=O) groups excluding carboxylic acids is 2. The molecule has 1 N–H and O–H groups in total. The van der Waals surface area contributed by atoms with E-state index in [1.807, 2.05) is 25.3 Å². The number of nitrogens with one attached hydrogen (secondary N) is 1. The molecule has 0 radical (unpaired) electrons. The molecular formula is C17H24N4O2. The van der Waals surface area contributed by atoms with Crippen molar-refractivity contribution in [3.05, 3.63) is 23.9 Å². The van der Waals surface area contributed by atoms with E-state index in [0.717, 1.165) is 24.5 Å². The third kappa shape index (κ3) is 3.63. The molecule has 1 aromatic rings. The first-order chi connectivity index (χ1) is 11.2. The Morgan fingerprint density at radius 1 is 1.35 bits per heavy atom. The van der Waals surface area contributed by atoms with Gasteiger partial charge < -0.3 is 15.1 Å². The first-order valence-corrected chi connectivity index (χ1v) is 8.42. The number of hydrogen-bond donors (Lipinski definition) is 1. The van der Waals surface area contributed by atoms with Gasteiger partial charge in [-0.3, -0.25) is 9.59 Å². The van der Waals surface area contributed by atoms with E-state index in [4.69, 9.17) is 0 Å². The van der Waals surface area contributed by atoms with Crippen molar-refractivity contribution in [3.63, 3.8) is 0 Å². The van der Waals surface area contributed by atoms with Crippen molar-refractivity contribution in [2.24, 2.45) is 5.92 Å². The van der Waals surface area contributed by atoms with Crippen LogP contribution in [-0.4, -0.2) is 47.9 Å². The molecule has 6 nitrogen and oxygen atoms in total. The average molecular weight is 316 g/mol. The van der Waals surface area contributed by atoms with Crippen LogP contribution in [0, 0.1) is 5.92 Å². The van der Waals surface area contributed by atoms with E-state index < -0.39 is 0 Å². The van der Waals surface area contributed by atoms with Crippen molar-refractivity contribution in [3.8, 4) is 0 Å². The summed E-state index contributed by atoms with van der Waals surface area (Å²) in [5.74, 6) is 0.819. The van der Waals surface area contributed by atoms with Crippen molar-refractivity contribution < 1.29 is 9.59 Å². The van der Waals surface area contributed by atoms with Crippen molar-refractivity contribution in [1.82, 2.24) is 15.2 Å². The van der Waals surface area contributed by atoms with Gasteiger partial charge in [-0.05, 0) is 31.4 Å². The predicted octanol–water partition coefficient (Wildman–Crippen LogP) is 1.17. The fourth-order valence-corrected chi connectivity index (χ4v) is 3.24. The highest BCUT2D eigenvalue weighted by Crippen LogP contribution is 2.19. The Morgan fingerprint density at radius 2 is 2.13 bits per heavy atom. The highest BCUT2D eigenvalue weighted by atomic mass is 16.2. The fraction of sp³-hybridized carbons (Fsp3) is 0.588. The molecule has 0 unspecified atom stereocenters. The molecule has 124 valence electrons. The monoisotopic (exact) mass is 316 g/mol. The number of rotatable bonds is 5. The number of carbonyl (C=O) groups is 2. The minimum absolute atomic E-state index is 0.0436. The van der Waals surface area contributed by atoms with Gasteiger partial charge in [-0.25, -0.2) is 4.98 Å². The fourth-order valence-electron chi connectivity index (χ4n) is 3.24. The molecule has 0 aliphatic carbocycles. The van der Waals surface area contributed by atoms with Crippen LogP contribution in [0.2, 0.25) is 0 Å². The van der Waals surface area contributed by atoms with Crippen LogP contribution in [0.15, 0.2) is 18.3 Å². The van der Waals surface area contributed by atoms with Gasteiger partial charge in [0.2, 0.25) is 11.8 Å². The molecular weight excluding hydrogens is 292 g/mol. The van der Waals surface area contributed by atoms with Crippen molar-refractivity contribution in [2.75, 3.05) is 31.1 Å². The molecule has 6 heteroatoms. The molecule has 2 aliphatic rings. The molecule has 0 spiro atoms. The number of hydrogen-bond acceptors (Lipinski definition) is 4. The Kier molecular flexibility index (Phi) is 4.79. The second-order valence-corrected chi connectivity index (χ2v) is 6.27. The summed E-state index contributed by atoms with van der Waals surface area (Å²) in [7, 11) is 0. The van der Waals surface area contributed by atoms with E-state index in [9.17, 15) is 9.59 Å². The summed E-state index contributed by atoms with van der Waals surface area (Å²) in [6.45, 7) is 5.76. The van der Waals surface area contributed by atoms with Gasteiger partial charge in [0.05, 0.1) is 5.92 Å². The van der Waals surface area contributed by atoms with Crippen LogP contribution < -0.4 is 10.2 Å². The summed E-state index contributed by atoms with van der Waals surface area (Å²) in [5.41, 5.74) is 0.984. The van der Waals surface area contributed by atoms with Gasteiger partial charge in [-0.2, -0.15) is 0 Å². The average Bonchev–Trinajstić information content (AvgIpc) is 3.22. The van der Waals surface area contributed by atoms with E-state index in [0.29, 0.717) is 26.1 Å². The highest BCUT2D eigenvalue weighted by Gasteiger charge is 2.33. The number of anilines is 1. The van der Waals surface area contributed by atoms with Crippen molar-refractivity contribution >= 4 is 17.6 Å². The third-order valence-electron chi connectivity index (χ3n) is 4.67. The quantitative estimate of drug-likeness (QED) is 0.885. The number of aromatic nitrogens is 1. The number of nitrogens with zero attached hydrogens (tertiary/aromatic N) is 3. The second kappa shape index (κ2) is 6.98. The Bertz CT molecular complexity index is 566. The SMILES string of the molecule is CCN1C[C@H](C(=O)NCc2ccc(N3CCCC3)nc2)CC1=O. The number of likely N-dealkylation sites (tertiary alicyclic amines) is 1. The topological polar surface area (TPSA) is 65.5 Å². The summed E-state index contributed by atoms with van der Waals surface area (Å²) < 4.78 is 0. The van der Waals surface area contributed by atoms with Gasteiger partial charge in [0, 0.05) is 45.3 Å². The minimum Gasteiger partial charge on any atom is -0.357 e. The molecule has 23 heavy (non-hydrogen) atoms. The molecule has 2 amide bonds. The summed E-state index contributed by atoms with van der Waals surface area (Å²) in [6, 6.07) is 4.03. The van der Waals surface area contributed by atoms with Gasteiger partial charge in [0.1, 0.15) is 5.82 Å². The van der Waals surface area contributed by atoms with Crippen LogP contribution in [0.25, 0.3) is 0 Å². The molecule has 1 atom stereocenters. The zero-order valence-electron chi connectivity index (χ0n) is 13.6. The first kappa shape index (κ1) is 15.8. The van der Waals surface area contributed by atoms with E-state index in [-0.39, 0.29) is 17.7 Å². The highest BCUT2D eigenvalue weighted by molar-refractivity contribution is 5.89. The first-order valence-electron chi connectivity index (χ1n) is 8.42. The molecule has 1 aromatic heterocycles. The van der Waals surface area contributed by atoms with Crippen LogP contribution in [0.5, 0.6) is 0 Å². The van der Waals surface area contributed by atoms with E-state index in [1.165, 1.54) is 12.8 Å². The van der Waals surface area contributed by atoms with E-state index in [1.54, 1.807) is 4.90 Å². The lowest BCUT2D eigenvalue weighted by atomic mass is 10.1. The van der Waals surface area contributed by atoms with Crippen LogP contribution >= 0.6 is 0 Å². The summed E-state index contributed by atoms with van der Waals surface area (Å²) >= 11 is 0. The summed E-state index contributed by atoms with van der Waals surface area (Å²) in [6.07, 6.45) is 4.61. The Labute approximate surface area is 136 Å². The molecule has 2 fully saturated rings. The normalized spacial score (nSPS) is 21.1. The second-order valence-electron chi connectivity index (χ2n) is 6.27. The Morgan fingerprint density at radius 3 is 2.74 bits per heavy atom. The van der Waals surface area contributed by atoms with Crippen LogP contribution in [0.3, 0.4) is 0 Å². The Hall–Kier alpha value is -2.11. The summed E-state index contributed by atoms with van der Waals surface area (Å²) in [4.78, 5) is 32.4. The van der Waals surface area contributed by atoms with Gasteiger partial charge >= 0.3 is 0 Å². The zero-order valence-corrected chi connectivity index (χ0v) is 13.6. The largest absolute Gasteiger partial charge is 0.357 e. The lowest BCUT2D eigenvalue weighted by molar-refractivity contribution is -0.128. The van der Waals surface area contributed by atoms with Crippen LogP contribution in [0.1, 0.15) is 31.7 Å². The summed E-state index contributed by atoms with van der Waals surface area (Å²) in [5, 5.41) is 2.92. The number of pyridine rings is 1. The standard InChI is InChI=1S/C17H24N4O2/c1-2-20-12-14(9-16(20)22)17(23)19-11-13-5-6-15(18-10-13)21-7-3-4-8-21/h5-6,10,14H,2-4,7-9,11-12H2,1H3,(H,19,23)/t14-/m1/s1. The lowest BCUT2D eigenvalue weighted by Crippen LogP contribution is -2.32. The molecule has 2 aliphatic heterocycles. The van der Waals surface area contributed by atoms with Gasteiger partial charge in [-0.15, -0.1) is 0 Å². The molecule has 3 rings (SSSR count). The van der Waals surface area contributed by atoms with Crippen LogP contribution in [0.4, 0.5) is 5.82 Å². The molecule has 0 aromatic carbocycles. The van der Waals surface area contributed by atoms with Gasteiger partial charge in [0.25, 0.3) is 0 Å². The van der Waals surface area contributed by atoms with Crippen LogP contribution in [-0.2, 0) is 16.1 Å². The lowest BCUT2D eigenvalue weighted by Gasteiger charge is -2.16. The van der Waals surface area contributed by atoms with Crippen molar-refractivity contribution in [2.45, 2.75) is 32.7 Å². The van der Waals surface area contributed by atoms with E-state index >= 15 is 0 Å². The van der Waals surface area contributed by atoms with Crippen molar-refractivity contribution in [1.29, 1.82) is 0 Å². The maximum atomic E-state index is 12.2. The maximum Gasteiger partial charge on any atom is 0.225 e. The van der Waals surface area contributed by atoms with Gasteiger partial charge in [-0.1, -0.05) is 6.07 Å². The smallest absolute Gasteiger partial charge is 0.225 e. The third-order valence-corrected chi connectivity index (χ3v) is 4.67. The molecule has 2 saturated heterocycles. The zero-order chi connectivity index (χ0) is 16.2. The predicted molar refractivity (Wildman–Crippen MR) is 87.9 cm³/mol. The molecule has 3 heterocycles. The Balaban J connectivity index is 1.50. The molecule has 0 saturated carbocycles. The van der Waals surface area contributed by atoms with Gasteiger partial charge in [0.15, 0.2) is 0 Å². The minimum atomic E-state index is -0.223. The maximum absolute atomic E-state index is 12.2. The van der Waals surface area contributed by atoms with E-state index in [2.05, 4.69) is 15.2 Å². The number of amides is 2. The molecule has 0 bridgehead atoms.